The number of para-hydroxylation sites is 1. The summed E-state index contributed by atoms with van der Waals surface area (Å²) < 4.78 is 7.73. The van der Waals surface area contributed by atoms with Crippen LogP contribution in [0.3, 0.4) is 0 Å². The van der Waals surface area contributed by atoms with Crippen LogP contribution >= 0.6 is 0 Å². The van der Waals surface area contributed by atoms with Gasteiger partial charge in [0.15, 0.2) is 0 Å². The summed E-state index contributed by atoms with van der Waals surface area (Å²) in [5.41, 5.74) is 3.56. The lowest BCUT2D eigenvalue weighted by Gasteiger charge is -2.15. The van der Waals surface area contributed by atoms with Gasteiger partial charge in [0.1, 0.15) is 26.3 Å². The van der Waals surface area contributed by atoms with Gasteiger partial charge >= 0.3 is 0 Å². The molecule has 2 radical (unpaired) electrons. The number of fused-ring (bicyclic) bond motifs is 3. The molecule has 0 amide bonds. The van der Waals surface area contributed by atoms with Crippen molar-refractivity contribution < 1.29 is 9.84 Å². The number of nitrogens with zero attached hydrogens (tertiary/aromatic N) is 2. The third-order valence-corrected chi connectivity index (χ3v) is 4.22. The van der Waals surface area contributed by atoms with Gasteiger partial charge in [-0.1, -0.05) is 35.8 Å². The quantitative estimate of drug-likeness (QED) is 0.573. The van der Waals surface area contributed by atoms with Crippen molar-refractivity contribution in [3.05, 3.63) is 66.9 Å². The summed E-state index contributed by atoms with van der Waals surface area (Å²) in [6.45, 7) is 0.642. The lowest BCUT2D eigenvalue weighted by molar-refractivity contribution is 0.0945. The zero-order chi connectivity index (χ0) is 17.2. The van der Waals surface area contributed by atoms with Crippen LogP contribution in [0.15, 0.2) is 66.9 Å². The molecule has 1 atom stereocenters. The van der Waals surface area contributed by atoms with E-state index in [9.17, 15) is 5.11 Å². The van der Waals surface area contributed by atoms with Crippen molar-refractivity contribution >= 4 is 35.2 Å². The van der Waals surface area contributed by atoms with Crippen LogP contribution in [0.2, 0.25) is 0 Å². The fourth-order valence-electron chi connectivity index (χ4n) is 3.10. The molecule has 4 nitrogen and oxygen atoms in total. The van der Waals surface area contributed by atoms with Gasteiger partial charge in [-0.05, 0) is 30.3 Å². The molecular formula is C20H17BN2O2. The molecule has 5 heteroatoms. The molecule has 0 aliphatic heterocycles. The first kappa shape index (κ1) is 15.7. The average molecular weight is 328 g/mol. The highest BCUT2D eigenvalue weighted by Crippen LogP contribution is 2.26. The Morgan fingerprint density at radius 3 is 2.72 bits per heavy atom. The Hall–Kier alpha value is -2.79. The maximum absolute atomic E-state index is 10.5. The summed E-state index contributed by atoms with van der Waals surface area (Å²) in [6, 6.07) is 19.2. The second-order valence-corrected chi connectivity index (χ2v) is 6.04. The van der Waals surface area contributed by atoms with Crippen LogP contribution in [0.4, 0.5) is 0 Å². The number of hydrogen-bond acceptors (Lipinski definition) is 3. The lowest BCUT2D eigenvalue weighted by Crippen LogP contribution is -2.23. The van der Waals surface area contributed by atoms with Crippen LogP contribution in [0.1, 0.15) is 0 Å². The molecule has 1 unspecified atom stereocenters. The highest BCUT2D eigenvalue weighted by molar-refractivity contribution is 6.33. The van der Waals surface area contributed by atoms with E-state index in [0.29, 0.717) is 12.0 Å². The molecule has 0 bridgehead atoms. The maximum Gasteiger partial charge on any atom is 0.119 e. The van der Waals surface area contributed by atoms with Crippen molar-refractivity contribution in [2.75, 3.05) is 6.61 Å². The van der Waals surface area contributed by atoms with Crippen LogP contribution in [0.25, 0.3) is 21.9 Å². The second kappa shape index (κ2) is 6.61. The molecule has 25 heavy (non-hydrogen) atoms. The number of benzene rings is 2. The fourth-order valence-corrected chi connectivity index (χ4v) is 3.10. The molecule has 4 aromatic rings. The van der Waals surface area contributed by atoms with Crippen molar-refractivity contribution in [1.29, 1.82) is 0 Å². The normalized spacial score (nSPS) is 12.5. The Labute approximate surface area is 147 Å². The number of aliphatic hydroxyl groups is 1. The number of pyridine rings is 1. The molecule has 0 aliphatic carbocycles. The summed E-state index contributed by atoms with van der Waals surface area (Å²) in [4.78, 5) is 4.48. The van der Waals surface area contributed by atoms with Crippen LogP contribution in [-0.2, 0) is 6.54 Å². The van der Waals surface area contributed by atoms with Gasteiger partial charge < -0.3 is 14.4 Å². The van der Waals surface area contributed by atoms with Gasteiger partial charge in [-0.15, -0.1) is 0 Å². The van der Waals surface area contributed by atoms with E-state index in [1.165, 1.54) is 0 Å². The molecule has 2 aromatic carbocycles. The van der Waals surface area contributed by atoms with Gasteiger partial charge in [0.25, 0.3) is 0 Å². The Morgan fingerprint density at radius 2 is 1.88 bits per heavy atom. The van der Waals surface area contributed by atoms with E-state index >= 15 is 0 Å². The molecule has 0 aliphatic rings. The molecule has 4 rings (SSSR count). The first-order valence-corrected chi connectivity index (χ1v) is 8.21. The zero-order valence-corrected chi connectivity index (χ0v) is 13.7. The van der Waals surface area contributed by atoms with E-state index in [2.05, 4.69) is 9.55 Å². The summed E-state index contributed by atoms with van der Waals surface area (Å²) in [5, 5.41) is 11.5. The lowest BCUT2D eigenvalue weighted by atomic mass is 9.95. The number of hydrogen-bond donors (Lipinski definition) is 1. The van der Waals surface area contributed by atoms with Gasteiger partial charge in [-0.3, -0.25) is 4.98 Å². The monoisotopic (exact) mass is 328 g/mol. The molecule has 2 aromatic heterocycles. The molecule has 1 N–H and O–H groups in total. The Bertz CT molecular complexity index is 1010. The van der Waals surface area contributed by atoms with Gasteiger partial charge in [0, 0.05) is 11.6 Å². The van der Waals surface area contributed by atoms with Crippen molar-refractivity contribution in [3.63, 3.8) is 0 Å². The standard InChI is InChI=1S/C20H17BN2O2/c21-14-8-9-18-17(11-14)20-19(7-4-10-22-20)23(18)12-15(24)13-25-16-5-2-1-3-6-16/h1-11,15,24H,12-13H2. The molecule has 2 heterocycles. The van der Waals surface area contributed by atoms with Crippen LogP contribution in [-0.4, -0.2) is 35.2 Å². The molecule has 0 fully saturated rings. The van der Waals surface area contributed by atoms with Crippen LogP contribution in [0.5, 0.6) is 5.75 Å². The molecule has 122 valence electrons. The van der Waals surface area contributed by atoms with Gasteiger partial charge in [0.05, 0.1) is 23.1 Å². The maximum atomic E-state index is 10.5. The first-order chi connectivity index (χ1) is 12.2. The number of aromatic nitrogens is 2. The summed E-state index contributed by atoms with van der Waals surface area (Å²) in [7, 11) is 5.93. The topological polar surface area (TPSA) is 47.3 Å². The number of ether oxygens (including phenoxy) is 1. The first-order valence-electron chi connectivity index (χ1n) is 8.21. The number of rotatable bonds is 5. The van der Waals surface area contributed by atoms with Crippen LogP contribution in [0, 0.1) is 0 Å². The highest BCUT2D eigenvalue weighted by Gasteiger charge is 2.15. The fraction of sp³-hybridized carbons (Fsp3) is 0.150. The average Bonchev–Trinajstić information content (AvgIpc) is 2.94. The van der Waals surface area contributed by atoms with Crippen molar-refractivity contribution in [2.24, 2.45) is 0 Å². The zero-order valence-electron chi connectivity index (χ0n) is 13.7. The minimum Gasteiger partial charge on any atom is -0.491 e. The van der Waals surface area contributed by atoms with Crippen molar-refractivity contribution in [3.8, 4) is 5.75 Å². The predicted molar refractivity (Wildman–Crippen MR) is 101 cm³/mol. The van der Waals surface area contributed by atoms with Gasteiger partial charge in [-0.2, -0.15) is 0 Å². The van der Waals surface area contributed by atoms with E-state index in [4.69, 9.17) is 12.6 Å². The van der Waals surface area contributed by atoms with Crippen molar-refractivity contribution in [1.82, 2.24) is 9.55 Å². The third-order valence-electron chi connectivity index (χ3n) is 4.22. The second-order valence-electron chi connectivity index (χ2n) is 6.04. The van der Waals surface area contributed by atoms with Gasteiger partial charge in [0.2, 0.25) is 0 Å². The third kappa shape index (κ3) is 3.11. The van der Waals surface area contributed by atoms with E-state index in [1.54, 1.807) is 6.20 Å². The molecular weight excluding hydrogens is 311 g/mol. The smallest absolute Gasteiger partial charge is 0.119 e. The SMILES string of the molecule is [B]c1ccc2c(c1)c1ncccc1n2CC(O)COc1ccccc1. The van der Waals surface area contributed by atoms with E-state index < -0.39 is 6.10 Å². The van der Waals surface area contributed by atoms with E-state index in [-0.39, 0.29) is 6.61 Å². The van der Waals surface area contributed by atoms with Gasteiger partial charge in [-0.25, -0.2) is 0 Å². The molecule has 0 spiro atoms. The molecule has 0 saturated carbocycles. The summed E-state index contributed by atoms with van der Waals surface area (Å²) in [6.07, 6.45) is 1.13. The Balaban J connectivity index is 1.63. The van der Waals surface area contributed by atoms with E-state index in [1.807, 2.05) is 60.7 Å². The van der Waals surface area contributed by atoms with Crippen LogP contribution < -0.4 is 10.2 Å². The van der Waals surface area contributed by atoms with Crippen molar-refractivity contribution in [2.45, 2.75) is 12.6 Å². The minimum absolute atomic E-state index is 0.223. The molecule has 0 saturated heterocycles. The largest absolute Gasteiger partial charge is 0.491 e. The Kier molecular flexibility index (Phi) is 4.16. The predicted octanol–water partition coefficient (Wildman–Crippen LogP) is 2.42. The summed E-state index contributed by atoms with van der Waals surface area (Å²) in [5.74, 6) is 0.748. The number of aliphatic hydroxyl groups excluding tert-OH is 1. The minimum atomic E-state index is -0.642. The summed E-state index contributed by atoms with van der Waals surface area (Å²) >= 11 is 0. The highest BCUT2D eigenvalue weighted by atomic mass is 16.5. The Morgan fingerprint density at radius 1 is 1.04 bits per heavy atom. The van der Waals surface area contributed by atoms with E-state index in [0.717, 1.165) is 27.7 Å².